The fourth-order valence-corrected chi connectivity index (χ4v) is 5.56. The number of aryl methyl sites for hydroxylation is 3. The molecule has 35 heavy (non-hydrogen) atoms. The number of hydrogen-bond donors (Lipinski definition) is 1. The van der Waals surface area contributed by atoms with Gasteiger partial charge in [-0.1, -0.05) is 72.8 Å². The fourth-order valence-electron chi connectivity index (χ4n) is 3.75. The molecule has 1 aromatic heterocycles. The van der Waals surface area contributed by atoms with Gasteiger partial charge in [-0.15, -0.1) is 22.0 Å². The van der Waals surface area contributed by atoms with E-state index >= 15 is 0 Å². The Morgan fingerprint density at radius 2 is 1.60 bits per heavy atom. The molecule has 5 nitrogen and oxygen atoms in total. The second-order valence-corrected chi connectivity index (χ2v) is 10.7. The monoisotopic (exact) mass is 502 g/mol. The summed E-state index contributed by atoms with van der Waals surface area (Å²) in [7, 11) is 0. The molecular weight excluding hydrogens is 472 g/mol. The largest absolute Gasteiger partial charge is 0.325 e. The normalized spacial score (nSPS) is 11.9. The third kappa shape index (κ3) is 6.16. The molecule has 0 radical (unpaired) electrons. The van der Waals surface area contributed by atoms with Crippen LogP contribution >= 0.6 is 23.5 Å². The molecule has 4 aromatic rings. The van der Waals surface area contributed by atoms with Crippen molar-refractivity contribution in [1.82, 2.24) is 14.8 Å². The standard InChI is InChI=1S/C28H30N4OS2/c1-5-24(27(33)29-26-20(3)10-9-11-21(26)4)35-28-31-30-25(32(28)22-12-7-6-8-13-22)18-34-23-16-14-19(2)15-17-23/h6-17,24H,5,18H2,1-4H3,(H,29,33). The van der Waals surface area contributed by atoms with Crippen molar-refractivity contribution in [2.45, 2.75) is 55.2 Å². The predicted octanol–water partition coefficient (Wildman–Crippen LogP) is 6.99. The van der Waals surface area contributed by atoms with E-state index in [2.05, 4.69) is 51.3 Å². The molecule has 0 saturated heterocycles. The minimum absolute atomic E-state index is 0.0203. The third-order valence-corrected chi connectivity index (χ3v) is 8.06. The molecule has 0 spiro atoms. The van der Waals surface area contributed by atoms with Crippen molar-refractivity contribution in [3.63, 3.8) is 0 Å². The lowest BCUT2D eigenvalue weighted by molar-refractivity contribution is -0.115. The number of nitrogens with one attached hydrogen (secondary N) is 1. The first-order valence-electron chi connectivity index (χ1n) is 11.7. The highest BCUT2D eigenvalue weighted by atomic mass is 32.2. The Hall–Kier alpha value is -3.03. The highest BCUT2D eigenvalue weighted by molar-refractivity contribution is 8.00. The molecule has 7 heteroatoms. The van der Waals surface area contributed by atoms with E-state index in [0.29, 0.717) is 12.2 Å². The van der Waals surface area contributed by atoms with Gasteiger partial charge in [0.25, 0.3) is 0 Å². The summed E-state index contributed by atoms with van der Waals surface area (Å²) in [4.78, 5) is 14.4. The SMILES string of the molecule is CCC(Sc1nnc(CSc2ccc(C)cc2)n1-c1ccccc1)C(=O)Nc1c(C)cccc1C. The highest BCUT2D eigenvalue weighted by Crippen LogP contribution is 2.31. The van der Waals surface area contributed by atoms with Crippen molar-refractivity contribution in [3.8, 4) is 5.69 Å². The van der Waals surface area contributed by atoms with Gasteiger partial charge in [0, 0.05) is 16.3 Å². The fraction of sp³-hybridized carbons (Fsp3) is 0.250. The third-order valence-electron chi connectivity index (χ3n) is 5.74. The number of benzene rings is 3. The van der Waals surface area contributed by atoms with E-state index in [-0.39, 0.29) is 11.2 Å². The first kappa shape index (κ1) is 25.1. The Kier molecular flexibility index (Phi) is 8.31. The summed E-state index contributed by atoms with van der Waals surface area (Å²) in [5, 5.41) is 12.6. The second kappa shape index (κ2) is 11.6. The van der Waals surface area contributed by atoms with Crippen LogP contribution in [0.25, 0.3) is 5.69 Å². The van der Waals surface area contributed by atoms with Gasteiger partial charge in [-0.25, -0.2) is 0 Å². The van der Waals surface area contributed by atoms with Gasteiger partial charge in [-0.2, -0.15) is 0 Å². The molecule has 0 fully saturated rings. The predicted molar refractivity (Wildman–Crippen MR) is 147 cm³/mol. The van der Waals surface area contributed by atoms with Crippen LogP contribution in [0.2, 0.25) is 0 Å². The number of rotatable bonds is 9. The minimum Gasteiger partial charge on any atom is -0.325 e. The van der Waals surface area contributed by atoms with Crippen LogP contribution in [0.1, 0.15) is 35.9 Å². The average molecular weight is 503 g/mol. The number of hydrogen-bond acceptors (Lipinski definition) is 5. The molecule has 1 atom stereocenters. The topological polar surface area (TPSA) is 59.8 Å². The molecular formula is C28H30N4OS2. The zero-order valence-electron chi connectivity index (χ0n) is 20.5. The van der Waals surface area contributed by atoms with E-state index in [1.807, 2.05) is 69.3 Å². The Morgan fingerprint density at radius 3 is 2.26 bits per heavy atom. The summed E-state index contributed by atoms with van der Waals surface area (Å²) in [6.45, 7) is 8.14. The number of thioether (sulfide) groups is 2. The van der Waals surface area contributed by atoms with Crippen LogP contribution in [0.3, 0.4) is 0 Å². The smallest absolute Gasteiger partial charge is 0.237 e. The van der Waals surface area contributed by atoms with Crippen LogP contribution in [-0.2, 0) is 10.5 Å². The lowest BCUT2D eigenvalue weighted by Crippen LogP contribution is -2.26. The number of anilines is 1. The van der Waals surface area contributed by atoms with Crippen molar-refractivity contribution in [3.05, 3.63) is 95.3 Å². The number of amides is 1. The van der Waals surface area contributed by atoms with Crippen LogP contribution in [0.4, 0.5) is 5.69 Å². The summed E-state index contributed by atoms with van der Waals surface area (Å²) in [6.07, 6.45) is 0.677. The van der Waals surface area contributed by atoms with Crippen LogP contribution in [0.15, 0.2) is 82.8 Å². The van der Waals surface area contributed by atoms with E-state index in [1.165, 1.54) is 22.2 Å². The summed E-state index contributed by atoms with van der Waals surface area (Å²) in [5.74, 6) is 1.51. The van der Waals surface area contributed by atoms with E-state index < -0.39 is 0 Å². The van der Waals surface area contributed by atoms with Crippen molar-refractivity contribution in [2.24, 2.45) is 0 Å². The van der Waals surface area contributed by atoms with E-state index in [0.717, 1.165) is 33.5 Å². The highest BCUT2D eigenvalue weighted by Gasteiger charge is 2.24. The van der Waals surface area contributed by atoms with Crippen molar-refractivity contribution in [1.29, 1.82) is 0 Å². The maximum atomic E-state index is 13.3. The molecule has 4 rings (SSSR count). The van der Waals surface area contributed by atoms with E-state index in [9.17, 15) is 4.79 Å². The summed E-state index contributed by atoms with van der Waals surface area (Å²) >= 11 is 3.19. The lowest BCUT2D eigenvalue weighted by atomic mass is 10.1. The maximum Gasteiger partial charge on any atom is 0.237 e. The molecule has 0 bridgehead atoms. The Balaban J connectivity index is 1.58. The van der Waals surface area contributed by atoms with Gasteiger partial charge in [-0.05, 0) is 62.6 Å². The molecule has 1 heterocycles. The van der Waals surface area contributed by atoms with Gasteiger partial charge in [0.15, 0.2) is 5.16 Å². The summed E-state index contributed by atoms with van der Waals surface area (Å²) < 4.78 is 2.07. The number of carbonyl (C=O) groups is 1. The molecule has 0 aliphatic carbocycles. The van der Waals surface area contributed by atoms with E-state index in [1.54, 1.807) is 11.8 Å². The number of carbonyl (C=O) groups excluding carboxylic acids is 1. The minimum atomic E-state index is -0.293. The van der Waals surface area contributed by atoms with Crippen molar-refractivity contribution in [2.75, 3.05) is 5.32 Å². The van der Waals surface area contributed by atoms with Crippen LogP contribution < -0.4 is 5.32 Å². The van der Waals surface area contributed by atoms with Gasteiger partial charge >= 0.3 is 0 Å². The molecule has 0 aliphatic rings. The molecule has 0 saturated carbocycles. The first-order chi connectivity index (χ1) is 17.0. The average Bonchev–Trinajstić information content (AvgIpc) is 3.27. The van der Waals surface area contributed by atoms with Gasteiger partial charge in [0.05, 0.1) is 11.0 Å². The molecule has 1 unspecified atom stereocenters. The number of nitrogens with zero attached hydrogens (tertiary/aromatic N) is 3. The molecule has 180 valence electrons. The van der Waals surface area contributed by atoms with Crippen LogP contribution in [0.5, 0.6) is 0 Å². The zero-order valence-corrected chi connectivity index (χ0v) is 22.1. The number of para-hydroxylation sites is 2. The Morgan fingerprint density at radius 1 is 0.914 bits per heavy atom. The first-order valence-corrected chi connectivity index (χ1v) is 13.6. The van der Waals surface area contributed by atoms with Crippen molar-refractivity contribution >= 4 is 35.1 Å². The number of aromatic nitrogens is 3. The Bertz CT molecular complexity index is 1270. The van der Waals surface area contributed by atoms with Crippen LogP contribution in [0, 0.1) is 20.8 Å². The summed E-state index contributed by atoms with van der Waals surface area (Å²) in [6, 6.07) is 24.6. The van der Waals surface area contributed by atoms with Crippen molar-refractivity contribution < 1.29 is 4.79 Å². The van der Waals surface area contributed by atoms with Gasteiger partial charge in [-0.3, -0.25) is 9.36 Å². The Labute approximate surface area is 215 Å². The second-order valence-electron chi connectivity index (χ2n) is 8.44. The van der Waals surface area contributed by atoms with Gasteiger partial charge < -0.3 is 5.32 Å². The molecule has 1 N–H and O–H groups in total. The molecule has 0 aliphatic heterocycles. The quantitative estimate of drug-likeness (QED) is 0.250. The summed E-state index contributed by atoms with van der Waals surface area (Å²) in [5.41, 5.74) is 5.23. The molecule has 3 aromatic carbocycles. The lowest BCUT2D eigenvalue weighted by Gasteiger charge is -2.18. The zero-order chi connectivity index (χ0) is 24.8. The van der Waals surface area contributed by atoms with Crippen LogP contribution in [-0.4, -0.2) is 25.9 Å². The van der Waals surface area contributed by atoms with Gasteiger partial charge in [0.1, 0.15) is 5.82 Å². The van der Waals surface area contributed by atoms with Gasteiger partial charge in [0.2, 0.25) is 5.91 Å². The maximum absolute atomic E-state index is 13.3. The van der Waals surface area contributed by atoms with E-state index in [4.69, 9.17) is 0 Å². The molecule has 1 amide bonds.